The quantitative estimate of drug-likeness (QED) is 0.518. The van der Waals surface area contributed by atoms with E-state index in [1.54, 1.807) is 19.2 Å². The average Bonchev–Trinajstić information content (AvgIpc) is 3.30. The standard InChI is InChI=1S/C26H30N2O4/c1-19-13-15-28(16-14-19)17-20-3-5-21(6-4-20)27-26(29)25-12-11-24(32-25)18-31-23-9-7-22(30-2)8-10-23/h3-12,19H,13-18H2,1-2H3,(H,27,29). The normalized spacial score (nSPS) is 14.8. The summed E-state index contributed by atoms with van der Waals surface area (Å²) in [5, 5.41) is 2.89. The summed E-state index contributed by atoms with van der Waals surface area (Å²) in [5.41, 5.74) is 2.01. The molecule has 1 saturated heterocycles. The Morgan fingerprint density at radius 1 is 1.00 bits per heavy atom. The zero-order chi connectivity index (χ0) is 22.3. The molecule has 3 aromatic rings. The van der Waals surface area contributed by atoms with Gasteiger partial charge in [-0.25, -0.2) is 0 Å². The van der Waals surface area contributed by atoms with Crippen molar-refractivity contribution in [2.24, 2.45) is 5.92 Å². The van der Waals surface area contributed by atoms with Crippen molar-refractivity contribution in [1.29, 1.82) is 0 Å². The molecule has 1 amide bonds. The fourth-order valence-corrected chi connectivity index (χ4v) is 3.77. The fraction of sp³-hybridized carbons (Fsp3) is 0.346. The predicted molar refractivity (Wildman–Crippen MR) is 124 cm³/mol. The number of hydrogen-bond acceptors (Lipinski definition) is 5. The van der Waals surface area contributed by atoms with Crippen LogP contribution in [0.3, 0.4) is 0 Å². The van der Waals surface area contributed by atoms with Crippen LogP contribution < -0.4 is 14.8 Å². The second kappa shape index (κ2) is 10.4. The molecule has 2 aromatic carbocycles. The van der Waals surface area contributed by atoms with Crippen molar-refractivity contribution < 1.29 is 18.7 Å². The zero-order valence-corrected chi connectivity index (χ0v) is 18.7. The number of amides is 1. The van der Waals surface area contributed by atoms with Crippen LogP contribution >= 0.6 is 0 Å². The maximum absolute atomic E-state index is 12.5. The molecular formula is C26H30N2O4. The second-order valence-corrected chi connectivity index (χ2v) is 8.34. The van der Waals surface area contributed by atoms with Crippen LogP contribution in [0.2, 0.25) is 0 Å². The largest absolute Gasteiger partial charge is 0.497 e. The number of methoxy groups -OCH3 is 1. The number of carbonyl (C=O) groups is 1. The van der Waals surface area contributed by atoms with Crippen LogP contribution in [0.15, 0.2) is 65.1 Å². The average molecular weight is 435 g/mol. The van der Waals surface area contributed by atoms with Gasteiger partial charge in [-0.1, -0.05) is 19.1 Å². The minimum atomic E-state index is -0.279. The van der Waals surface area contributed by atoms with Crippen LogP contribution in [0.25, 0.3) is 0 Å². The lowest BCUT2D eigenvalue weighted by Crippen LogP contribution is -2.32. The van der Waals surface area contributed by atoms with Crippen molar-refractivity contribution >= 4 is 11.6 Å². The molecule has 0 unspecified atom stereocenters. The summed E-state index contributed by atoms with van der Waals surface area (Å²) in [5.74, 6) is 2.86. The van der Waals surface area contributed by atoms with E-state index in [-0.39, 0.29) is 18.3 Å². The van der Waals surface area contributed by atoms with Crippen molar-refractivity contribution in [1.82, 2.24) is 4.90 Å². The Morgan fingerprint density at radius 3 is 2.38 bits per heavy atom. The molecule has 4 rings (SSSR count). The minimum Gasteiger partial charge on any atom is -0.497 e. The molecule has 6 nitrogen and oxygen atoms in total. The first-order valence-corrected chi connectivity index (χ1v) is 11.1. The molecule has 1 aliphatic heterocycles. The van der Waals surface area contributed by atoms with Crippen LogP contribution in [0.5, 0.6) is 11.5 Å². The molecular weight excluding hydrogens is 404 g/mol. The highest BCUT2D eigenvalue weighted by molar-refractivity contribution is 6.02. The van der Waals surface area contributed by atoms with Crippen LogP contribution in [0.1, 0.15) is 41.6 Å². The Hall–Kier alpha value is -3.25. The van der Waals surface area contributed by atoms with E-state index in [0.717, 1.165) is 37.0 Å². The number of furan rings is 1. The van der Waals surface area contributed by atoms with Crippen molar-refractivity contribution in [3.8, 4) is 11.5 Å². The molecule has 2 heterocycles. The summed E-state index contributed by atoms with van der Waals surface area (Å²) >= 11 is 0. The Balaban J connectivity index is 1.27. The molecule has 0 atom stereocenters. The topological polar surface area (TPSA) is 63.9 Å². The minimum absolute atomic E-state index is 0.240. The number of likely N-dealkylation sites (tertiary alicyclic amines) is 1. The van der Waals surface area contributed by atoms with E-state index in [2.05, 4.69) is 29.3 Å². The number of nitrogens with one attached hydrogen (secondary N) is 1. The highest BCUT2D eigenvalue weighted by Gasteiger charge is 2.16. The zero-order valence-electron chi connectivity index (χ0n) is 18.7. The monoisotopic (exact) mass is 434 g/mol. The van der Waals surface area contributed by atoms with E-state index < -0.39 is 0 Å². The van der Waals surface area contributed by atoms with Gasteiger partial charge in [0.25, 0.3) is 5.91 Å². The molecule has 168 valence electrons. The van der Waals surface area contributed by atoms with Gasteiger partial charge in [0, 0.05) is 12.2 Å². The van der Waals surface area contributed by atoms with Gasteiger partial charge in [-0.2, -0.15) is 0 Å². The van der Waals surface area contributed by atoms with Crippen molar-refractivity contribution in [2.45, 2.75) is 32.9 Å². The summed E-state index contributed by atoms with van der Waals surface area (Å²) in [6.07, 6.45) is 2.54. The summed E-state index contributed by atoms with van der Waals surface area (Å²) in [7, 11) is 1.62. The number of piperidine rings is 1. The third-order valence-corrected chi connectivity index (χ3v) is 5.82. The fourth-order valence-electron chi connectivity index (χ4n) is 3.77. The second-order valence-electron chi connectivity index (χ2n) is 8.34. The Bertz CT molecular complexity index is 1000. The molecule has 0 bridgehead atoms. The van der Waals surface area contributed by atoms with Crippen LogP contribution in [0, 0.1) is 5.92 Å². The number of nitrogens with zero attached hydrogens (tertiary/aromatic N) is 1. The summed E-state index contributed by atoms with van der Waals surface area (Å²) < 4.78 is 16.5. The lowest BCUT2D eigenvalue weighted by atomic mass is 9.99. The smallest absolute Gasteiger partial charge is 0.291 e. The molecule has 32 heavy (non-hydrogen) atoms. The van der Waals surface area contributed by atoms with E-state index in [4.69, 9.17) is 13.9 Å². The number of ether oxygens (including phenoxy) is 2. The lowest BCUT2D eigenvalue weighted by molar-refractivity contribution is 0.0992. The molecule has 1 N–H and O–H groups in total. The van der Waals surface area contributed by atoms with E-state index >= 15 is 0 Å². The number of anilines is 1. The highest BCUT2D eigenvalue weighted by atomic mass is 16.5. The highest BCUT2D eigenvalue weighted by Crippen LogP contribution is 2.21. The van der Waals surface area contributed by atoms with E-state index in [1.807, 2.05) is 36.4 Å². The van der Waals surface area contributed by atoms with Gasteiger partial charge < -0.3 is 19.2 Å². The Labute approximate surface area is 189 Å². The SMILES string of the molecule is COc1ccc(OCc2ccc(C(=O)Nc3ccc(CN4CCC(C)CC4)cc3)o2)cc1. The predicted octanol–water partition coefficient (Wildman–Crippen LogP) is 5.35. The summed E-state index contributed by atoms with van der Waals surface area (Å²) in [4.78, 5) is 15.0. The third-order valence-electron chi connectivity index (χ3n) is 5.82. The Morgan fingerprint density at radius 2 is 1.69 bits per heavy atom. The first-order chi connectivity index (χ1) is 15.6. The molecule has 6 heteroatoms. The molecule has 1 aliphatic rings. The summed E-state index contributed by atoms with van der Waals surface area (Å²) in [6, 6.07) is 18.7. The van der Waals surface area contributed by atoms with Gasteiger partial charge in [-0.15, -0.1) is 0 Å². The number of benzene rings is 2. The van der Waals surface area contributed by atoms with Gasteiger partial charge in [0.2, 0.25) is 0 Å². The molecule has 0 spiro atoms. The maximum Gasteiger partial charge on any atom is 0.291 e. The number of hydrogen-bond donors (Lipinski definition) is 1. The third kappa shape index (κ3) is 5.92. The number of carbonyl (C=O) groups excluding carboxylic acids is 1. The van der Waals surface area contributed by atoms with Crippen molar-refractivity contribution in [2.75, 3.05) is 25.5 Å². The van der Waals surface area contributed by atoms with Gasteiger partial charge in [-0.05, 0) is 85.9 Å². The molecule has 0 aliphatic carbocycles. The van der Waals surface area contributed by atoms with Gasteiger partial charge >= 0.3 is 0 Å². The van der Waals surface area contributed by atoms with E-state index in [0.29, 0.717) is 11.5 Å². The van der Waals surface area contributed by atoms with Crippen molar-refractivity contribution in [3.05, 3.63) is 77.7 Å². The first-order valence-electron chi connectivity index (χ1n) is 11.1. The molecule has 0 saturated carbocycles. The summed E-state index contributed by atoms with van der Waals surface area (Å²) in [6.45, 7) is 5.83. The maximum atomic E-state index is 12.5. The first kappa shape index (κ1) is 22.0. The van der Waals surface area contributed by atoms with Crippen LogP contribution in [-0.4, -0.2) is 31.0 Å². The molecule has 1 aromatic heterocycles. The lowest BCUT2D eigenvalue weighted by Gasteiger charge is -2.30. The van der Waals surface area contributed by atoms with Gasteiger partial charge in [-0.3, -0.25) is 9.69 Å². The van der Waals surface area contributed by atoms with Crippen LogP contribution in [0.4, 0.5) is 5.69 Å². The van der Waals surface area contributed by atoms with Crippen LogP contribution in [-0.2, 0) is 13.2 Å². The molecule has 1 fully saturated rings. The van der Waals surface area contributed by atoms with Crippen molar-refractivity contribution in [3.63, 3.8) is 0 Å². The number of rotatable bonds is 8. The van der Waals surface area contributed by atoms with E-state index in [1.165, 1.54) is 18.4 Å². The Kier molecular flexibility index (Phi) is 7.12. The van der Waals surface area contributed by atoms with Gasteiger partial charge in [0.05, 0.1) is 7.11 Å². The van der Waals surface area contributed by atoms with Gasteiger partial charge in [0.1, 0.15) is 23.9 Å². The van der Waals surface area contributed by atoms with Gasteiger partial charge in [0.15, 0.2) is 5.76 Å². The molecule has 0 radical (unpaired) electrons. The van der Waals surface area contributed by atoms with E-state index in [9.17, 15) is 4.79 Å².